The van der Waals surface area contributed by atoms with Gasteiger partial charge >= 0.3 is 5.91 Å². The summed E-state index contributed by atoms with van der Waals surface area (Å²) in [7, 11) is 1.87. The maximum absolute atomic E-state index is 11.9. The van der Waals surface area contributed by atoms with Gasteiger partial charge in [0.1, 0.15) is 0 Å². The molecule has 0 saturated carbocycles. The standard InChI is InChI=1S/C12H8BrN3O2S/c1-16-10-7(13)3-2-4-9(10)19-12(16)15-11(17)8-5-6-14-18-8/h2-6H,1H3. The van der Waals surface area contributed by atoms with Crippen molar-refractivity contribution < 1.29 is 9.32 Å². The van der Waals surface area contributed by atoms with Gasteiger partial charge in [-0.3, -0.25) is 4.79 Å². The number of thiazole rings is 1. The van der Waals surface area contributed by atoms with E-state index < -0.39 is 5.91 Å². The van der Waals surface area contributed by atoms with E-state index in [9.17, 15) is 4.79 Å². The third-order valence-corrected chi connectivity index (χ3v) is 4.36. The first-order chi connectivity index (χ1) is 9.16. The van der Waals surface area contributed by atoms with E-state index in [0.29, 0.717) is 4.80 Å². The van der Waals surface area contributed by atoms with Gasteiger partial charge in [0.05, 0.1) is 16.4 Å². The van der Waals surface area contributed by atoms with Crippen LogP contribution in [0.2, 0.25) is 0 Å². The predicted molar refractivity (Wildman–Crippen MR) is 74.9 cm³/mol. The van der Waals surface area contributed by atoms with E-state index >= 15 is 0 Å². The number of carbonyl (C=O) groups excluding carboxylic acids is 1. The van der Waals surface area contributed by atoms with Gasteiger partial charge in [0.15, 0.2) is 4.80 Å². The first-order valence-corrected chi connectivity index (χ1v) is 7.01. The van der Waals surface area contributed by atoms with Crippen molar-refractivity contribution in [1.82, 2.24) is 9.72 Å². The highest BCUT2D eigenvalue weighted by Crippen LogP contribution is 2.24. The number of halogens is 1. The van der Waals surface area contributed by atoms with Crippen LogP contribution in [0.3, 0.4) is 0 Å². The van der Waals surface area contributed by atoms with Gasteiger partial charge in [-0.15, -0.1) is 0 Å². The fraction of sp³-hybridized carbons (Fsp3) is 0.0833. The Labute approximate surface area is 120 Å². The Hall–Kier alpha value is -1.73. The molecule has 0 atom stereocenters. The minimum Gasteiger partial charge on any atom is -0.351 e. The van der Waals surface area contributed by atoms with Crippen molar-refractivity contribution in [2.75, 3.05) is 0 Å². The van der Waals surface area contributed by atoms with E-state index in [1.54, 1.807) is 0 Å². The fourth-order valence-electron chi connectivity index (χ4n) is 1.73. The molecule has 3 rings (SSSR count). The van der Waals surface area contributed by atoms with E-state index in [0.717, 1.165) is 14.7 Å². The first-order valence-electron chi connectivity index (χ1n) is 5.40. The molecule has 0 radical (unpaired) electrons. The molecule has 1 aromatic carbocycles. The van der Waals surface area contributed by atoms with Gasteiger partial charge < -0.3 is 9.09 Å². The molecule has 0 unspecified atom stereocenters. The summed E-state index contributed by atoms with van der Waals surface area (Å²) in [5.74, 6) is -0.299. The van der Waals surface area contributed by atoms with Gasteiger partial charge in [-0.05, 0) is 28.1 Å². The second-order valence-electron chi connectivity index (χ2n) is 3.82. The van der Waals surface area contributed by atoms with Crippen LogP contribution in [0.5, 0.6) is 0 Å². The molecule has 0 aliphatic carbocycles. The largest absolute Gasteiger partial charge is 0.351 e. The number of fused-ring (bicyclic) bond motifs is 1. The van der Waals surface area contributed by atoms with Crippen LogP contribution in [0, 0.1) is 0 Å². The van der Waals surface area contributed by atoms with Gasteiger partial charge in [-0.2, -0.15) is 4.99 Å². The molecular formula is C12H8BrN3O2S. The van der Waals surface area contributed by atoms with Crippen LogP contribution in [0.25, 0.3) is 10.2 Å². The summed E-state index contributed by atoms with van der Waals surface area (Å²) in [5.41, 5.74) is 1.01. The smallest absolute Gasteiger partial charge is 0.318 e. The zero-order chi connectivity index (χ0) is 13.4. The number of rotatable bonds is 1. The summed E-state index contributed by atoms with van der Waals surface area (Å²) in [6, 6.07) is 7.39. The van der Waals surface area contributed by atoms with Crippen LogP contribution >= 0.6 is 27.3 Å². The average molecular weight is 338 g/mol. The minimum absolute atomic E-state index is 0.136. The Morgan fingerprint density at radius 2 is 2.32 bits per heavy atom. The SMILES string of the molecule is Cn1c(=NC(=O)c2ccno2)sc2cccc(Br)c21. The number of para-hydroxylation sites is 1. The lowest BCUT2D eigenvalue weighted by molar-refractivity contribution is 0.0962. The van der Waals surface area contributed by atoms with Gasteiger partial charge in [0, 0.05) is 17.6 Å². The van der Waals surface area contributed by atoms with E-state index in [4.69, 9.17) is 4.52 Å². The molecule has 3 aromatic rings. The number of carbonyl (C=O) groups is 1. The van der Waals surface area contributed by atoms with Gasteiger partial charge in [-0.25, -0.2) is 0 Å². The molecule has 0 aliphatic heterocycles. The highest BCUT2D eigenvalue weighted by atomic mass is 79.9. The lowest BCUT2D eigenvalue weighted by atomic mass is 10.3. The van der Waals surface area contributed by atoms with Crippen molar-refractivity contribution in [3.05, 3.63) is 45.5 Å². The van der Waals surface area contributed by atoms with E-state index in [-0.39, 0.29) is 5.76 Å². The normalized spacial score (nSPS) is 12.2. The van der Waals surface area contributed by atoms with Gasteiger partial charge in [0.25, 0.3) is 0 Å². The Kier molecular flexibility index (Phi) is 3.08. The highest BCUT2D eigenvalue weighted by Gasteiger charge is 2.11. The maximum atomic E-state index is 11.9. The molecule has 2 aromatic heterocycles. The molecule has 5 nitrogen and oxygen atoms in total. The predicted octanol–water partition coefficient (Wildman–Crippen LogP) is 2.73. The lowest BCUT2D eigenvalue weighted by Crippen LogP contribution is -2.13. The molecule has 96 valence electrons. The topological polar surface area (TPSA) is 60.4 Å². The third-order valence-electron chi connectivity index (χ3n) is 2.62. The molecule has 0 N–H and O–H groups in total. The van der Waals surface area contributed by atoms with Crippen LogP contribution in [0.4, 0.5) is 0 Å². The molecule has 19 heavy (non-hydrogen) atoms. The van der Waals surface area contributed by atoms with E-state index in [1.807, 2.05) is 29.8 Å². The second kappa shape index (κ2) is 4.75. The molecule has 2 heterocycles. The number of hydrogen-bond donors (Lipinski definition) is 0. The summed E-state index contributed by atoms with van der Waals surface area (Å²) in [5, 5.41) is 3.50. The van der Waals surface area contributed by atoms with E-state index in [2.05, 4.69) is 26.1 Å². The Balaban J connectivity index is 2.19. The average Bonchev–Trinajstić information content (AvgIpc) is 2.99. The van der Waals surface area contributed by atoms with E-state index in [1.165, 1.54) is 23.6 Å². The molecule has 0 spiro atoms. The van der Waals surface area contributed by atoms with Gasteiger partial charge in [-0.1, -0.05) is 22.6 Å². The van der Waals surface area contributed by atoms with Crippen molar-refractivity contribution in [3.63, 3.8) is 0 Å². The van der Waals surface area contributed by atoms with Crippen LogP contribution in [0.1, 0.15) is 10.6 Å². The zero-order valence-electron chi connectivity index (χ0n) is 9.83. The quantitative estimate of drug-likeness (QED) is 0.685. The van der Waals surface area contributed by atoms with Crippen molar-refractivity contribution in [2.24, 2.45) is 12.0 Å². The third kappa shape index (κ3) is 2.15. The number of hydrogen-bond acceptors (Lipinski definition) is 4. The number of nitrogens with zero attached hydrogens (tertiary/aromatic N) is 3. The number of amides is 1. The number of benzene rings is 1. The Morgan fingerprint density at radius 1 is 1.47 bits per heavy atom. The molecule has 0 aliphatic rings. The summed E-state index contributed by atoms with van der Waals surface area (Å²) < 4.78 is 8.70. The summed E-state index contributed by atoms with van der Waals surface area (Å²) in [6.45, 7) is 0. The number of aromatic nitrogens is 2. The summed E-state index contributed by atoms with van der Waals surface area (Å²) >= 11 is 4.94. The zero-order valence-corrected chi connectivity index (χ0v) is 12.2. The van der Waals surface area contributed by atoms with Crippen LogP contribution in [-0.2, 0) is 7.05 Å². The summed E-state index contributed by atoms with van der Waals surface area (Å²) in [4.78, 5) is 16.6. The van der Waals surface area contributed by atoms with Crippen LogP contribution in [-0.4, -0.2) is 15.6 Å². The first kappa shape index (κ1) is 12.3. The van der Waals surface area contributed by atoms with Crippen molar-refractivity contribution in [2.45, 2.75) is 0 Å². The second-order valence-corrected chi connectivity index (χ2v) is 5.69. The molecular weight excluding hydrogens is 330 g/mol. The Morgan fingerprint density at radius 3 is 3.00 bits per heavy atom. The van der Waals surface area contributed by atoms with Crippen molar-refractivity contribution in [3.8, 4) is 0 Å². The number of aryl methyl sites for hydroxylation is 1. The lowest BCUT2D eigenvalue weighted by Gasteiger charge is -1.97. The molecule has 0 saturated heterocycles. The Bertz CT molecular complexity index is 817. The molecule has 1 amide bonds. The van der Waals surface area contributed by atoms with Crippen LogP contribution < -0.4 is 4.80 Å². The minimum atomic E-state index is -0.434. The molecule has 0 bridgehead atoms. The monoisotopic (exact) mass is 337 g/mol. The van der Waals surface area contributed by atoms with Gasteiger partial charge in [0.2, 0.25) is 5.76 Å². The van der Waals surface area contributed by atoms with Crippen molar-refractivity contribution in [1.29, 1.82) is 0 Å². The van der Waals surface area contributed by atoms with Crippen LogP contribution in [0.15, 0.2) is 44.5 Å². The fourth-order valence-corrected chi connectivity index (χ4v) is 3.54. The molecule has 7 heteroatoms. The maximum Gasteiger partial charge on any atom is 0.318 e. The van der Waals surface area contributed by atoms with Crippen molar-refractivity contribution >= 4 is 43.4 Å². The highest BCUT2D eigenvalue weighted by molar-refractivity contribution is 9.10. The molecule has 0 fully saturated rings. The summed E-state index contributed by atoms with van der Waals surface area (Å²) in [6.07, 6.45) is 1.42.